The van der Waals surface area contributed by atoms with E-state index in [1.807, 2.05) is 66.5 Å². The van der Waals surface area contributed by atoms with Crippen LogP contribution in [0.25, 0.3) is 0 Å². The molecule has 0 unspecified atom stereocenters. The Labute approximate surface area is 228 Å². The lowest BCUT2D eigenvalue weighted by Gasteiger charge is -2.23. The predicted octanol–water partition coefficient (Wildman–Crippen LogP) is 3.86. The summed E-state index contributed by atoms with van der Waals surface area (Å²) in [6.07, 6.45) is 3.78. The van der Waals surface area contributed by atoms with Crippen LogP contribution in [0.4, 0.5) is 11.5 Å². The van der Waals surface area contributed by atoms with Crippen molar-refractivity contribution in [3.05, 3.63) is 114 Å². The summed E-state index contributed by atoms with van der Waals surface area (Å²) in [6.45, 7) is 2.03. The molecule has 9 nitrogen and oxygen atoms in total. The molecule has 0 spiro atoms. The van der Waals surface area contributed by atoms with Gasteiger partial charge < -0.3 is 15.0 Å². The number of carbonyl (C=O) groups is 2. The number of methoxy groups -OCH3 is 1. The fourth-order valence-electron chi connectivity index (χ4n) is 4.05. The molecule has 3 heterocycles. The molecule has 1 aromatic carbocycles. The molecule has 3 aromatic heterocycles. The molecule has 1 N–H and O–H groups in total. The van der Waals surface area contributed by atoms with Crippen molar-refractivity contribution in [2.45, 2.75) is 26.1 Å². The van der Waals surface area contributed by atoms with Crippen LogP contribution in [0.5, 0.6) is 0 Å². The first-order chi connectivity index (χ1) is 19.0. The molecule has 39 heavy (non-hydrogen) atoms. The Morgan fingerprint density at radius 3 is 2.00 bits per heavy atom. The smallest absolute Gasteiger partial charge is 0.309 e. The van der Waals surface area contributed by atoms with E-state index in [-0.39, 0.29) is 24.8 Å². The van der Waals surface area contributed by atoms with Crippen molar-refractivity contribution in [3.8, 4) is 0 Å². The van der Waals surface area contributed by atoms with E-state index < -0.39 is 0 Å². The molecule has 0 fully saturated rings. The first-order valence-corrected chi connectivity index (χ1v) is 12.6. The minimum Gasteiger partial charge on any atom is -0.469 e. The molecule has 4 aromatic rings. The van der Waals surface area contributed by atoms with E-state index in [4.69, 9.17) is 4.98 Å². The molecular formula is C30H32N6O3. The van der Waals surface area contributed by atoms with Gasteiger partial charge in [-0.3, -0.25) is 24.5 Å². The number of hydrogen-bond acceptors (Lipinski definition) is 8. The summed E-state index contributed by atoms with van der Waals surface area (Å²) in [5.41, 5.74) is 4.29. The fourth-order valence-corrected chi connectivity index (χ4v) is 4.05. The Morgan fingerprint density at radius 1 is 0.795 bits per heavy atom. The van der Waals surface area contributed by atoms with Crippen molar-refractivity contribution in [1.29, 1.82) is 0 Å². The number of nitrogens with zero attached hydrogens (tertiary/aromatic N) is 5. The van der Waals surface area contributed by atoms with Crippen LogP contribution in [0.3, 0.4) is 0 Å². The van der Waals surface area contributed by atoms with Gasteiger partial charge in [0.25, 0.3) is 0 Å². The average Bonchev–Trinajstić information content (AvgIpc) is 2.95. The van der Waals surface area contributed by atoms with Crippen LogP contribution in [-0.2, 0) is 40.4 Å². The van der Waals surface area contributed by atoms with Crippen LogP contribution in [0.1, 0.15) is 22.6 Å². The normalized spacial score (nSPS) is 10.7. The Balaban J connectivity index is 1.38. The van der Waals surface area contributed by atoms with Crippen LogP contribution in [-0.4, -0.2) is 52.4 Å². The van der Waals surface area contributed by atoms with E-state index in [0.717, 1.165) is 22.6 Å². The molecule has 0 aliphatic carbocycles. The zero-order valence-corrected chi connectivity index (χ0v) is 22.2. The Hall–Kier alpha value is -4.63. The maximum atomic E-state index is 12.7. The van der Waals surface area contributed by atoms with Gasteiger partial charge in [0, 0.05) is 44.8 Å². The van der Waals surface area contributed by atoms with Gasteiger partial charge in [-0.1, -0.05) is 30.3 Å². The minimum absolute atomic E-state index is 0.131. The molecule has 0 bridgehead atoms. The molecule has 0 aliphatic heterocycles. The second-order valence-electron chi connectivity index (χ2n) is 9.13. The molecule has 0 radical (unpaired) electrons. The summed E-state index contributed by atoms with van der Waals surface area (Å²) in [5.74, 6) is 0.226. The third-order valence-corrected chi connectivity index (χ3v) is 5.99. The van der Waals surface area contributed by atoms with Gasteiger partial charge in [0.2, 0.25) is 5.91 Å². The highest BCUT2D eigenvalue weighted by Gasteiger charge is 2.14. The van der Waals surface area contributed by atoms with Gasteiger partial charge in [-0.05, 0) is 54.1 Å². The van der Waals surface area contributed by atoms with Crippen LogP contribution in [0.2, 0.25) is 0 Å². The highest BCUT2D eigenvalue weighted by molar-refractivity contribution is 5.93. The van der Waals surface area contributed by atoms with Crippen molar-refractivity contribution >= 4 is 23.4 Å². The fraction of sp³-hybridized carbons (Fsp3) is 0.233. The molecule has 0 atom stereocenters. The summed E-state index contributed by atoms with van der Waals surface area (Å²) in [4.78, 5) is 42.0. The SMILES string of the molecule is COC(=O)Cc1ccc(NC(=O)CN(C)c2cccc(CN(Cc3ccccn3)Cc3ccccn3)n2)cc1. The number of likely N-dealkylation sites (N-methyl/N-ethyl adjacent to an activating group) is 1. The summed E-state index contributed by atoms with van der Waals surface area (Å²) in [7, 11) is 3.20. The lowest BCUT2D eigenvalue weighted by molar-refractivity contribution is -0.139. The second-order valence-corrected chi connectivity index (χ2v) is 9.13. The van der Waals surface area contributed by atoms with Gasteiger partial charge in [-0.2, -0.15) is 0 Å². The van der Waals surface area contributed by atoms with Gasteiger partial charge in [-0.15, -0.1) is 0 Å². The third-order valence-electron chi connectivity index (χ3n) is 5.99. The number of hydrogen-bond donors (Lipinski definition) is 1. The average molecular weight is 525 g/mol. The number of carbonyl (C=O) groups excluding carboxylic acids is 2. The molecule has 0 saturated carbocycles. The van der Waals surface area contributed by atoms with Gasteiger partial charge in [0.1, 0.15) is 5.82 Å². The standard InChI is InChI=1S/C30H32N6O3/c1-35(22-29(37)34-24-14-12-23(13-15-24)18-30(38)39-2)28-11-7-10-27(33-28)21-36(19-25-8-3-5-16-31-25)20-26-9-4-6-17-32-26/h3-17H,18-22H2,1-2H3,(H,34,37). The van der Waals surface area contributed by atoms with Crippen LogP contribution < -0.4 is 10.2 Å². The zero-order valence-electron chi connectivity index (χ0n) is 22.2. The molecule has 0 saturated heterocycles. The lowest BCUT2D eigenvalue weighted by Crippen LogP contribution is -2.31. The molecule has 9 heteroatoms. The number of benzene rings is 1. The van der Waals surface area contributed by atoms with Crippen molar-refractivity contribution in [2.75, 3.05) is 30.9 Å². The Morgan fingerprint density at radius 2 is 1.41 bits per heavy atom. The number of ether oxygens (including phenoxy) is 1. The van der Waals surface area contributed by atoms with E-state index in [1.54, 1.807) is 36.7 Å². The van der Waals surface area contributed by atoms with E-state index in [2.05, 4.69) is 24.9 Å². The number of anilines is 2. The predicted molar refractivity (Wildman–Crippen MR) is 150 cm³/mol. The zero-order chi connectivity index (χ0) is 27.5. The highest BCUT2D eigenvalue weighted by atomic mass is 16.5. The second kappa shape index (κ2) is 13.8. The summed E-state index contributed by atoms with van der Waals surface area (Å²) >= 11 is 0. The molecule has 0 aliphatic rings. The Bertz CT molecular complexity index is 1310. The number of amides is 1. The van der Waals surface area contributed by atoms with Gasteiger partial charge in [-0.25, -0.2) is 4.98 Å². The monoisotopic (exact) mass is 524 g/mol. The van der Waals surface area contributed by atoms with E-state index in [1.165, 1.54) is 7.11 Å². The number of esters is 1. The molecule has 200 valence electrons. The molecule has 1 amide bonds. The van der Waals surface area contributed by atoms with Gasteiger partial charge >= 0.3 is 5.97 Å². The third kappa shape index (κ3) is 8.72. The summed E-state index contributed by atoms with van der Waals surface area (Å²) < 4.78 is 4.69. The van der Waals surface area contributed by atoms with E-state index in [0.29, 0.717) is 31.1 Å². The van der Waals surface area contributed by atoms with E-state index >= 15 is 0 Å². The lowest BCUT2D eigenvalue weighted by atomic mass is 10.1. The largest absolute Gasteiger partial charge is 0.469 e. The van der Waals surface area contributed by atoms with E-state index in [9.17, 15) is 9.59 Å². The van der Waals surface area contributed by atoms with Crippen LogP contribution >= 0.6 is 0 Å². The first-order valence-electron chi connectivity index (χ1n) is 12.6. The molecular weight excluding hydrogens is 492 g/mol. The maximum Gasteiger partial charge on any atom is 0.309 e. The van der Waals surface area contributed by atoms with Crippen molar-refractivity contribution in [1.82, 2.24) is 19.9 Å². The van der Waals surface area contributed by atoms with Crippen molar-refractivity contribution in [3.63, 3.8) is 0 Å². The van der Waals surface area contributed by atoms with Gasteiger partial charge in [0.15, 0.2) is 0 Å². The number of nitrogens with one attached hydrogen (secondary N) is 1. The number of rotatable bonds is 12. The van der Waals surface area contributed by atoms with Gasteiger partial charge in [0.05, 0.1) is 37.2 Å². The number of pyridine rings is 3. The number of aromatic nitrogens is 3. The quantitative estimate of drug-likeness (QED) is 0.279. The minimum atomic E-state index is -0.306. The van der Waals surface area contributed by atoms with Crippen molar-refractivity contribution in [2.24, 2.45) is 0 Å². The first kappa shape index (κ1) is 27.4. The Kier molecular flexibility index (Phi) is 9.68. The van der Waals surface area contributed by atoms with Crippen molar-refractivity contribution < 1.29 is 14.3 Å². The van der Waals surface area contributed by atoms with Crippen LogP contribution in [0, 0.1) is 0 Å². The van der Waals surface area contributed by atoms with Crippen LogP contribution in [0.15, 0.2) is 91.3 Å². The molecule has 4 rings (SSSR count). The topological polar surface area (TPSA) is 101 Å². The maximum absolute atomic E-state index is 12.7. The summed E-state index contributed by atoms with van der Waals surface area (Å²) in [6, 6.07) is 24.7. The highest BCUT2D eigenvalue weighted by Crippen LogP contribution is 2.16. The summed E-state index contributed by atoms with van der Waals surface area (Å²) in [5, 5.41) is 2.89.